The van der Waals surface area contributed by atoms with E-state index in [9.17, 15) is 9.59 Å². The first kappa shape index (κ1) is 25.8. The van der Waals surface area contributed by atoms with Gasteiger partial charge in [-0.3, -0.25) is 9.59 Å². The molecule has 0 spiro atoms. The van der Waals surface area contributed by atoms with Crippen molar-refractivity contribution >= 4 is 11.8 Å². The smallest absolute Gasteiger partial charge is 0.261 e. The van der Waals surface area contributed by atoms with Crippen molar-refractivity contribution in [3.63, 3.8) is 0 Å². The zero-order valence-corrected chi connectivity index (χ0v) is 20.1. The second-order valence-corrected chi connectivity index (χ2v) is 7.53. The van der Waals surface area contributed by atoms with Crippen molar-refractivity contribution in [1.82, 2.24) is 10.2 Å². The molecule has 0 unspecified atom stereocenters. The summed E-state index contributed by atoms with van der Waals surface area (Å²) in [5.74, 6) is 1.68. The van der Waals surface area contributed by atoms with E-state index in [0.717, 1.165) is 18.4 Å². The van der Waals surface area contributed by atoms with Crippen LogP contribution in [0.15, 0.2) is 42.5 Å². The molecule has 2 aromatic rings. The summed E-state index contributed by atoms with van der Waals surface area (Å²) >= 11 is 0. The Morgan fingerprint density at radius 3 is 2.18 bits per heavy atom. The Balaban J connectivity index is 2.18. The van der Waals surface area contributed by atoms with Crippen LogP contribution < -0.4 is 24.3 Å². The molecule has 8 heteroatoms. The molecule has 33 heavy (non-hydrogen) atoms. The molecule has 2 amide bonds. The summed E-state index contributed by atoms with van der Waals surface area (Å²) in [6, 6.07) is 11.8. The van der Waals surface area contributed by atoms with Gasteiger partial charge in [-0.15, -0.1) is 0 Å². The number of carbonyl (C=O) groups excluding carboxylic acids is 2. The molecular weight excluding hydrogens is 424 g/mol. The van der Waals surface area contributed by atoms with Crippen LogP contribution in [0.5, 0.6) is 23.0 Å². The van der Waals surface area contributed by atoms with Gasteiger partial charge >= 0.3 is 0 Å². The van der Waals surface area contributed by atoms with Gasteiger partial charge in [-0.25, -0.2) is 0 Å². The summed E-state index contributed by atoms with van der Waals surface area (Å²) < 4.78 is 21.5. The van der Waals surface area contributed by atoms with Crippen molar-refractivity contribution in [2.45, 2.75) is 39.3 Å². The van der Waals surface area contributed by atoms with Gasteiger partial charge < -0.3 is 29.2 Å². The lowest BCUT2D eigenvalue weighted by molar-refractivity contribution is -0.142. The number of benzene rings is 2. The van der Waals surface area contributed by atoms with Gasteiger partial charge in [0.2, 0.25) is 5.91 Å². The molecule has 0 heterocycles. The van der Waals surface area contributed by atoms with Gasteiger partial charge in [0.15, 0.2) is 6.61 Å². The molecule has 180 valence electrons. The molecule has 0 aliphatic heterocycles. The Labute approximate surface area is 195 Å². The van der Waals surface area contributed by atoms with Gasteiger partial charge in [-0.1, -0.05) is 25.5 Å². The maximum atomic E-state index is 13.2. The number of ether oxygens (including phenoxy) is 4. The monoisotopic (exact) mass is 458 g/mol. The van der Waals surface area contributed by atoms with Gasteiger partial charge in [-0.2, -0.15) is 0 Å². The molecule has 1 N–H and O–H groups in total. The minimum atomic E-state index is -0.677. The van der Waals surface area contributed by atoms with Crippen molar-refractivity contribution in [1.29, 1.82) is 0 Å². The van der Waals surface area contributed by atoms with Crippen LogP contribution in [-0.2, 0) is 16.1 Å². The summed E-state index contributed by atoms with van der Waals surface area (Å²) in [5, 5.41) is 2.90. The number of nitrogens with zero attached hydrogens (tertiary/aromatic N) is 1. The van der Waals surface area contributed by atoms with E-state index in [2.05, 4.69) is 12.2 Å². The van der Waals surface area contributed by atoms with Gasteiger partial charge in [0.05, 0.1) is 21.3 Å². The lowest BCUT2D eigenvalue weighted by Gasteiger charge is -2.29. The number of hydrogen-bond donors (Lipinski definition) is 1. The van der Waals surface area contributed by atoms with Crippen molar-refractivity contribution in [3.8, 4) is 23.0 Å². The normalized spacial score (nSPS) is 11.3. The maximum absolute atomic E-state index is 13.2. The van der Waals surface area contributed by atoms with E-state index in [0.29, 0.717) is 29.5 Å². The second-order valence-electron chi connectivity index (χ2n) is 7.53. The molecule has 0 aromatic heterocycles. The molecule has 0 aliphatic carbocycles. The number of hydrogen-bond acceptors (Lipinski definition) is 6. The zero-order chi connectivity index (χ0) is 24.2. The third-order valence-electron chi connectivity index (χ3n) is 5.17. The number of nitrogens with one attached hydrogen (secondary N) is 1. The maximum Gasteiger partial charge on any atom is 0.261 e. The molecular formula is C25H34N2O6. The first-order valence-electron chi connectivity index (χ1n) is 11.0. The molecule has 0 bridgehead atoms. The summed E-state index contributed by atoms with van der Waals surface area (Å²) in [7, 11) is 4.67. The predicted octanol–water partition coefficient (Wildman–Crippen LogP) is 3.42. The van der Waals surface area contributed by atoms with Crippen LogP contribution in [0, 0.1) is 0 Å². The highest BCUT2D eigenvalue weighted by molar-refractivity contribution is 5.88. The van der Waals surface area contributed by atoms with Crippen LogP contribution >= 0.6 is 0 Å². The van der Waals surface area contributed by atoms with Crippen molar-refractivity contribution in [2.75, 3.05) is 34.5 Å². The topological polar surface area (TPSA) is 86.3 Å². The number of unbranched alkanes of at least 4 members (excludes halogenated alkanes) is 1. The Morgan fingerprint density at radius 1 is 0.939 bits per heavy atom. The Morgan fingerprint density at radius 2 is 1.58 bits per heavy atom. The summed E-state index contributed by atoms with van der Waals surface area (Å²) in [5.41, 5.74) is 0.846. The van der Waals surface area contributed by atoms with Crippen LogP contribution in [0.1, 0.15) is 32.3 Å². The van der Waals surface area contributed by atoms with Gasteiger partial charge in [0.25, 0.3) is 5.91 Å². The van der Waals surface area contributed by atoms with Crippen molar-refractivity contribution < 1.29 is 28.5 Å². The fourth-order valence-corrected chi connectivity index (χ4v) is 3.18. The molecule has 1 atom stereocenters. The standard InChI is InChI=1S/C25H34N2O6/c1-6-7-11-26-25(29)18(2)27(16-19-9-8-10-20(12-19)30-3)24(28)17-33-23-14-21(31-4)13-22(15-23)32-5/h8-10,12-15,18H,6-7,11,16-17H2,1-5H3,(H,26,29)/t18-/m1/s1. The van der Waals surface area contributed by atoms with Crippen LogP contribution in [0.2, 0.25) is 0 Å². The molecule has 0 radical (unpaired) electrons. The largest absolute Gasteiger partial charge is 0.497 e. The van der Waals surface area contributed by atoms with Crippen LogP contribution in [0.4, 0.5) is 0 Å². The number of amides is 2. The first-order valence-corrected chi connectivity index (χ1v) is 11.0. The van der Waals surface area contributed by atoms with E-state index in [4.69, 9.17) is 18.9 Å². The highest BCUT2D eigenvalue weighted by Gasteiger charge is 2.26. The number of carbonyl (C=O) groups is 2. The second kappa shape index (κ2) is 13.2. The number of rotatable bonds is 13. The summed E-state index contributed by atoms with van der Waals surface area (Å²) in [4.78, 5) is 27.4. The average Bonchev–Trinajstić information content (AvgIpc) is 2.85. The highest BCUT2D eigenvalue weighted by atomic mass is 16.5. The third kappa shape index (κ3) is 7.89. The van der Waals surface area contributed by atoms with E-state index >= 15 is 0 Å². The average molecular weight is 459 g/mol. The van der Waals surface area contributed by atoms with Gasteiger partial charge in [0.1, 0.15) is 29.0 Å². The van der Waals surface area contributed by atoms with E-state index in [1.165, 1.54) is 4.90 Å². The predicted molar refractivity (Wildman–Crippen MR) is 126 cm³/mol. The molecule has 0 fully saturated rings. The van der Waals surface area contributed by atoms with E-state index in [1.54, 1.807) is 46.5 Å². The zero-order valence-electron chi connectivity index (χ0n) is 20.1. The minimum Gasteiger partial charge on any atom is -0.497 e. The van der Waals surface area contributed by atoms with Gasteiger partial charge in [0, 0.05) is 31.3 Å². The molecule has 2 aromatic carbocycles. The Bertz CT molecular complexity index is 895. The molecule has 0 aliphatic rings. The summed E-state index contributed by atoms with van der Waals surface area (Å²) in [6.45, 7) is 4.34. The minimum absolute atomic E-state index is 0.206. The molecule has 2 rings (SSSR count). The molecule has 0 saturated carbocycles. The van der Waals surface area contributed by atoms with E-state index < -0.39 is 6.04 Å². The fraction of sp³-hybridized carbons (Fsp3) is 0.440. The van der Waals surface area contributed by atoms with Crippen LogP contribution in [0.25, 0.3) is 0 Å². The van der Waals surface area contributed by atoms with Crippen molar-refractivity contribution in [2.24, 2.45) is 0 Å². The lowest BCUT2D eigenvalue weighted by atomic mass is 10.1. The summed E-state index contributed by atoms with van der Waals surface area (Å²) in [6.07, 6.45) is 1.85. The van der Waals surface area contributed by atoms with E-state index in [-0.39, 0.29) is 25.0 Å². The Hall–Kier alpha value is -3.42. The SMILES string of the molecule is CCCCNC(=O)[C@@H](C)N(Cc1cccc(OC)c1)C(=O)COc1cc(OC)cc(OC)c1. The molecule has 8 nitrogen and oxygen atoms in total. The lowest BCUT2D eigenvalue weighted by Crippen LogP contribution is -2.49. The highest BCUT2D eigenvalue weighted by Crippen LogP contribution is 2.27. The fourth-order valence-electron chi connectivity index (χ4n) is 3.18. The van der Waals surface area contributed by atoms with Crippen LogP contribution in [0.3, 0.4) is 0 Å². The Kier molecular flexibility index (Phi) is 10.3. The first-order chi connectivity index (χ1) is 15.9. The van der Waals surface area contributed by atoms with Crippen molar-refractivity contribution in [3.05, 3.63) is 48.0 Å². The third-order valence-corrected chi connectivity index (χ3v) is 5.17. The van der Waals surface area contributed by atoms with Gasteiger partial charge in [-0.05, 0) is 31.0 Å². The van der Waals surface area contributed by atoms with Crippen LogP contribution in [-0.4, -0.2) is 57.2 Å². The molecule has 0 saturated heterocycles. The number of methoxy groups -OCH3 is 3. The quantitative estimate of drug-likeness (QED) is 0.463. The van der Waals surface area contributed by atoms with E-state index in [1.807, 2.05) is 24.3 Å².